The van der Waals surface area contributed by atoms with Crippen molar-refractivity contribution in [1.29, 1.82) is 0 Å². The first kappa shape index (κ1) is 11.2. The van der Waals surface area contributed by atoms with Gasteiger partial charge in [-0.1, -0.05) is 43.4 Å². The summed E-state index contributed by atoms with van der Waals surface area (Å²) in [6.45, 7) is 2.27. The quantitative estimate of drug-likeness (QED) is 0.601. The Kier molecular flexibility index (Phi) is 9.48. The van der Waals surface area contributed by atoms with Gasteiger partial charge in [0, 0.05) is 0 Å². The van der Waals surface area contributed by atoms with Gasteiger partial charge >= 0.3 is 0 Å². The molecule has 0 aliphatic carbocycles. The molecule has 0 rings (SSSR count). The fraction of sp³-hybridized carbons (Fsp3) is 0.455. The molecule has 0 unspecified atom stereocenters. The first-order valence-electron chi connectivity index (χ1n) is 4.47. The first-order valence-corrected chi connectivity index (χ1v) is 4.47. The maximum absolute atomic E-state index is 8.42. The second-order valence-electron chi connectivity index (χ2n) is 2.48. The number of hydrogen-bond acceptors (Lipinski definition) is 1. The smallest absolute Gasteiger partial charge is 0.0612 e. The van der Waals surface area contributed by atoms with Gasteiger partial charge in [-0.25, -0.2) is 0 Å². The van der Waals surface area contributed by atoms with E-state index in [1.807, 2.05) is 6.08 Å². The molecule has 0 aliphatic heterocycles. The van der Waals surface area contributed by atoms with E-state index in [9.17, 15) is 0 Å². The van der Waals surface area contributed by atoms with Crippen molar-refractivity contribution in [1.82, 2.24) is 0 Å². The van der Waals surface area contributed by atoms with Gasteiger partial charge in [-0.15, -0.1) is 0 Å². The maximum Gasteiger partial charge on any atom is 0.0612 e. The summed E-state index contributed by atoms with van der Waals surface area (Å²) in [6.07, 6.45) is 15.3. The van der Waals surface area contributed by atoms with Crippen LogP contribution in [-0.4, -0.2) is 11.7 Å². The van der Waals surface area contributed by atoms with E-state index in [1.54, 1.807) is 6.08 Å². The molecule has 0 amide bonds. The molecule has 0 heterocycles. The van der Waals surface area contributed by atoms with Crippen LogP contribution < -0.4 is 0 Å². The van der Waals surface area contributed by atoms with Gasteiger partial charge in [0.15, 0.2) is 0 Å². The molecule has 68 valence electrons. The average Bonchev–Trinajstić information content (AvgIpc) is 2.10. The van der Waals surface area contributed by atoms with E-state index in [-0.39, 0.29) is 6.61 Å². The molecule has 0 aromatic heterocycles. The number of allylic oxidation sites excluding steroid dienone is 5. The van der Waals surface area contributed by atoms with Gasteiger partial charge in [-0.05, 0) is 19.3 Å². The van der Waals surface area contributed by atoms with Crippen LogP contribution in [-0.2, 0) is 0 Å². The lowest BCUT2D eigenvalue weighted by Crippen LogP contribution is -1.69. The zero-order chi connectivity index (χ0) is 9.07. The molecular weight excluding hydrogens is 148 g/mol. The molecule has 0 bridgehead atoms. The summed E-state index contributed by atoms with van der Waals surface area (Å²) < 4.78 is 0. The Hall–Kier alpha value is -0.820. The van der Waals surface area contributed by atoms with E-state index in [1.165, 1.54) is 0 Å². The van der Waals surface area contributed by atoms with Crippen molar-refractivity contribution in [2.24, 2.45) is 0 Å². The highest BCUT2D eigenvalue weighted by molar-refractivity contribution is 4.96. The minimum absolute atomic E-state index is 0.142. The van der Waals surface area contributed by atoms with E-state index >= 15 is 0 Å². The van der Waals surface area contributed by atoms with Crippen molar-refractivity contribution in [3.8, 4) is 0 Å². The Morgan fingerprint density at radius 3 is 1.83 bits per heavy atom. The van der Waals surface area contributed by atoms with E-state index in [4.69, 9.17) is 5.11 Å². The van der Waals surface area contributed by atoms with Crippen LogP contribution in [0.2, 0.25) is 0 Å². The second-order valence-corrected chi connectivity index (χ2v) is 2.48. The molecule has 0 saturated heterocycles. The van der Waals surface area contributed by atoms with E-state index in [2.05, 4.69) is 31.2 Å². The minimum Gasteiger partial charge on any atom is -0.392 e. The summed E-state index contributed by atoms with van der Waals surface area (Å²) in [7, 11) is 0. The van der Waals surface area contributed by atoms with E-state index in [0.717, 1.165) is 19.3 Å². The van der Waals surface area contributed by atoms with Crippen molar-refractivity contribution < 1.29 is 5.11 Å². The van der Waals surface area contributed by atoms with Gasteiger partial charge < -0.3 is 5.11 Å². The second kappa shape index (κ2) is 10.2. The van der Waals surface area contributed by atoms with Crippen molar-refractivity contribution >= 4 is 0 Å². The SMILES string of the molecule is CCC=CCC=CCC=CCO. The zero-order valence-corrected chi connectivity index (χ0v) is 7.74. The Balaban J connectivity index is 3.25. The Labute approximate surface area is 75.1 Å². The summed E-state index contributed by atoms with van der Waals surface area (Å²) in [5.41, 5.74) is 0. The molecule has 0 saturated carbocycles. The van der Waals surface area contributed by atoms with Crippen LogP contribution in [0.4, 0.5) is 0 Å². The molecule has 1 nitrogen and oxygen atoms in total. The van der Waals surface area contributed by atoms with Crippen LogP contribution in [0.25, 0.3) is 0 Å². The monoisotopic (exact) mass is 166 g/mol. The van der Waals surface area contributed by atoms with Crippen LogP contribution in [0.3, 0.4) is 0 Å². The molecule has 1 N–H and O–H groups in total. The Morgan fingerprint density at radius 1 is 0.833 bits per heavy atom. The molecule has 0 atom stereocenters. The third kappa shape index (κ3) is 9.18. The van der Waals surface area contributed by atoms with Crippen LogP contribution >= 0.6 is 0 Å². The standard InChI is InChI=1S/C11H18O/c1-2-3-4-5-6-7-8-9-10-11-12/h3-4,6-7,9-10,12H,2,5,8,11H2,1H3. The number of rotatable bonds is 6. The van der Waals surface area contributed by atoms with E-state index < -0.39 is 0 Å². The average molecular weight is 166 g/mol. The van der Waals surface area contributed by atoms with Gasteiger partial charge in [0.05, 0.1) is 6.61 Å². The van der Waals surface area contributed by atoms with Crippen molar-refractivity contribution in [2.45, 2.75) is 26.2 Å². The van der Waals surface area contributed by atoms with Crippen LogP contribution in [0, 0.1) is 0 Å². The molecular formula is C11H18O. The molecule has 0 spiro atoms. The molecule has 0 fully saturated rings. The Bertz CT molecular complexity index is 136. The summed E-state index contributed by atoms with van der Waals surface area (Å²) in [6, 6.07) is 0. The highest BCUT2D eigenvalue weighted by Crippen LogP contribution is 1.91. The fourth-order valence-electron chi connectivity index (χ4n) is 0.783. The van der Waals surface area contributed by atoms with Crippen molar-refractivity contribution in [2.75, 3.05) is 6.61 Å². The van der Waals surface area contributed by atoms with Crippen molar-refractivity contribution in [3.63, 3.8) is 0 Å². The third-order valence-electron chi connectivity index (χ3n) is 1.39. The lowest BCUT2D eigenvalue weighted by molar-refractivity contribution is 0.342. The first-order chi connectivity index (χ1) is 5.91. The molecule has 0 aliphatic rings. The molecule has 1 heteroatoms. The van der Waals surface area contributed by atoms with Crippen molar-refractivity contribution in [3.05, 3.63) is 36.5 Å². The third-order valence-corrected chi connectivity index (χ3v) is 1.39. The maximum atomic E-state index is 8.42. The van der Waals surface area contributed by atoms with Crippen LogP contribution in [0.15, 0.2) is 36.5 Å². The fourth-order valence-corrected chi connectivity index (χ4v) is 0.783. The summed E-state index contributed by atoms with van der Waals surface area (Å²) in [4.78, 5) is 0. The lowest BCUT2D eigenvalue weighted by Gasteiger charge is -1.82. The Morgan fingerprint density at radius 2 is 1.33 bits per heavy atom. The highest BCUT2D eigenvalue weighted by atomic mass is 16.2. The van der Waals surface area contributed by atoms with Gasteiger partial charge in [0.2, 0.25) is 0 Å². The minimum atomic E-state index is 0.142. The predicted molar refractivity (Wildman–Crippen MR) is 54.0 cm³/mol. The van der Waals surface area contributed by atoms with Gasteiger partial charge in [-0.2, -0.15) is 0 Å². The van der Waals surface area contributed by atoms with Gasteiger partial charge in [0.25, 0.3) is 0 Å². The molecule has 0 radical (unpaired) electrons. The normalized spacial score (nSPS) is 12.5. The lowest BCUT2D eigenvalue weighted by atomic mass is 10.3. The number of aliphatic hydroxyl groups excluding tert-OH is 1. The highest BCUT2D eigenvalue weighted by Gasteiger charge is 1.71. The summed E-state index contributed by atoms with van der Waals surface area (Å²) in [5, 5.41) is 8.42. The van der Waals surface area contributed by atoms with Crippen LogP contribution in [0.1, 0.15) is 26.2 Å². The predicted octanol–water partition coefficient (Wildman–Crippen LogP) is 2.84. The van der Waals surface area contributed by atoms with Gasteiger partial charge in [-0.3, -0.25) is 0 Å². The molecule has 0 aromatic rings. The molecule has 12 heavy (non-hydrogen) atoms. The van der Waals surface area contributed by atoms with E-state index in [0.29, 0.717) is 0 Å². The molecule has 0 aromatic carbocycles. The van der Waals surface area contributed by atoms with Crippen LogP contribution in [0.5, 0.6) is 0 Å². The number of aliphatic hydroxyl groups is 1. The summed E-state index contributed by atoms with van der Waals surface area (Å²) in [5.74, 6) is 0. The van der Waals surface area contributed by atoms with Gasteiger partial charge in [0.1, 0.15) is 0 Å². The largest absolute Gasteiger partial charge is 0.392 e. The topological polar surface area (TPSA) is 20.2 Å². The number of hydrogen-bond donors (Lipinski definition) is 1. The zero-order valence-electron chi connectivity index (χ0n) is 7.74. The summed E-state index contributed by atoms with van der Waals surface area (Å²) >= 11 is 0.